The van der Waals surface area contributed by atoms with Crippen molar-refractivity contribution in [2.45, 2.75) is 19.4 Å². The molecule has 11 heteroatoms. The normalized spacial score (nSPS) is 11.6. The van der Waals surface area contributed by atoms with Gasteiger partial charge in [-0.25, -0.2) is 33.4 Å². The summed E-state index contributed by atoms with van der Waals surface area (Å²) in [4.78, 5) is 17.3. The highest BCUT2D eigenvalue weighted by Crippen LogP contribution is 2.38. The lowest BCUT2D eigenvalue weighted by atomic mass is 10.1. The number of aromatic nitrogens is 6. The molecule has 0 atom stereocenters. The summed E-state index contributed by atoms with van der Waals surface area (Å²) in [6.45, 7) is 3.65. The summed E-state index contributed by atoms with van der Waals surface area (Å²) in [6.07, 6.45) is 8.02. The second-order valence-corrected chi connectivity index (χ2v) is 8.42. The van der Waals surface area contributed by atoms with Crippen molar-refractivity contribution < 1.29 is 13.5 Å². The van der Waals surface area contributed by atoms with Crippen molar-refractivity contribution in [2.75, 3.05) is 5.32 Å². The van der Waals surface area contributed by atoms with E-state index in [2.05, 4.69) is 30.4 Å². The van der Waals surface area contributed by atoms with Crippen molar-refractivity contribution in [3.63, 3.8) is 0 Å². The number of hydrogen-bond acceptors (Lipinski definition) is 7. The molecule has 0 aliphatic rings. The lowest BCUT2D eigenvalue weighted by molar-refractivity contribution is 0.100. The first-order valence-electron chi connectivity index (χ1n) is 10.5. The summed E-state index contributed by atoms with van der Waals surface area (Å²) in [5.74, 6) is -0.724. The van der Waals surface area contributed by atoms with Crippen LogP contribution >= 0.6 is 11.6 Å². The van der Waals surface area contributed by atoms with E-state index in [4.69, 9.17) is 16.3 Å². The van der Waals surface area contributed by atoms with E-state index in [1.807, 2.05) is 13.8 Å². The average molecular weight is 494 g/mol. The van der Waals surface area contributed by atoms with Gasteiger partial charge in [0, 0.05) is 30.9 Å². The fourth-order valence-corrected chi connectivity index (χ4v) is 3.71. The molecule has 5 rings (SSSR count). The van der Waals surface area contributed by atoms with Crippen LogP contribution in [0.5, 0.6) is 5.75 Å². The Balaban J connectivity index is 1.68. The number of nitrogens with zero attached hydrogens (tertiary/aromatic N) is 6. The topological polar surface area (TPSA) is 90.6 Å². The van der Waals surface area contributed by atoms with Gasteiger partial charge in [-0.05, 0) is 44.2 Å². The van der Waals surface area contributed by atoms with Gasteiger partial charge >= 0.3 is 0 Å². The largest absolute Gasteiger partial charge is 0.479 e. The number of anilines is 2. The van der Waals surface area contributed by atoms with E-state index in [0.717, 1.165) is 6.07 Å². The Bertz CT molecular complexity index is 1510. The maximum atomic E-state index is 14.7. The number of halogens is 3. The molecule has 3 aromatic heterocycles. The molecule has 5 aromatic rings. The average Bonchev–Trinajstić information content (AvgIpc) is 3.40. The Morgan fingerprint density at radius 1 is 1.00 bits per heavy atom. The van der Waals surface area contributed by atoms with Crippen molar-refractivity contribution in [3.8, 4) is 11.4 Å². The third-order valence-electron chi connectivity index (χ3n) is 5.21. The molecule has 0 bridgehead atoms. The number of benzene rings is 2. The molecule has 0 aliphatic heterocycles. The molecule has 0 fully saturated rings. The molecule has 2 aromatic carbocycles. The van der Waals surface area contributed by atoms with Crippen LogP contribution in [0.25, 0.3) is 16.6 Å². The van der Waals surface area contributed by atoms with Gasteiger partial charge in [0.2, 0.25) is 0 Å². The molecule has 0 aliphatic carbocycles. The Morgan fingerprint density at radius 2 is 1.80 bits per heavy atom. The van der Waals surface area contributed by atoms with Crippen LogP contribution in [0.1, 0.15) is 19.7 Å². The third-order valence-corrected chi connectivity index (χ3v) is 5.56. The van der Waals surface area contributed by atoms with Gasteiger partial charge in [0.25, 0.3) is 0 Å². The van der Waals surface area contributed by atoms with Crippen LogP contribution in [-0.4, -0.2) is 29.7 Å². The Hall–Kier alpha value is -4.18. The zero-order valence-corrected chi connectivity index (χ0v) is 19.3. The highest BCUT2D eigenvalue weighted by atomic mass is 35.5. The molecule has 176 valence electrons. The highest BCUT2D eigenvalue weighted by Gasteiger charge is 2.28. The van der Waals surface area contributed by atoms with Crippen molar-refractivity contribution in [1.29, 1.82) is 0 Å². The first-order valence-corrected chi connectivity index (χ1v) is 10.9. The summed E-state index contributed by atoms with van der Waals surface area (Å²) < 4.78 is 36.4. The van der Waals surface area contributed by atoms with E-state index in [0.29, 0.717) is 28.2 Å². The summed E-state index contributed by atoms with van der Waals surface area (Å²) in [5.41, 5.74) is 0.185. The number of fused-ring (bicyclic) bond motifs is 1. The SMILES string of the molecule is CC(C)(Oc1cc(-n2cccn2)cc2ncnc(Nc3ccc(F)c(Cl)c3F)c12)c1ncccn1. The van der Waals surface area contributed by atoms with E-state index in [1.54, 1.807) is 53.7 Å². The molecule has 3 heterocycles. The molecule has 0 spiro atoms. The fourth-order valence-electron chi connectivity index (χ4n) is 3.55. The van der Waals surface area contributed by atoms with Crippen molar-refractivity contribution in [1.82, 2.24) is 29.7 Å². The molecular formula is C24H18ClF2N7O. The van der Waals surface area contributed by atoms with Gasteiger partial charge in [0.15, 0.2) is 17.2 Å². The number of rotatable bonds is 6. The van der Waals surface area contributed by atoms with Crippen LogP contribution in [-0.2, 0) is 5.60 Å². The quantitative estimate of drug-likeness (QED) is 0.308. The van der Waals surface area contributed by atoms with Crippen molar-refractivity contribution in [2.24, 2.45) is 0 Å². The van der Waals surface area contributed by atoms with Crippen LogP contribution in [0.3, 0.4) is 0 Å². The monoisotopic (exact) mass is 493 g/mol. The molecule has 8 nitrogen and oxygen atoms in total. The second kappa shape index (κ2) is 8.88. The summed E-state index contributed by atoms with van der Waals surface area (Å²) in [6, 6.07) is 9.38. The summed E-state index contributed by atoms with van der Waals surface area (Å²) in [7, 11) is 0. The first kappa shape index (κ1) is 22.6. The lowest BCUT2D eigenvalue weighted by Crippen LogP contribution is -2.28. The standard InChI is InChI=1S/C24H18ClF2N7O/c1-24(2,23-28-7-3-8-29-23)35-18-12-14(34-10-4-9-32-34)11-17-19(18)22(31-13-30-17)33-16-6-5-15(26)20(25)21(16)27/h3-13H,1-2H3,(H,30,31,33). The third kappa shape index (κ3) is 4.35. The molecule has 0 unspecified atom stereocenters. The summed E-state index contributed by atoms with van der Waals surface area (Å²) >= 11 is 5.76. The molecular weight excluding hydrogens is 476 g/mol. The molecule has 0 saturated carbocycles. The molecule has 0 amide bonds. The van der Waals surface area contributed by atoms with Gasteiger partial charge in [0.1, 0.15) is 28.7 Å². The Labute approximate surface area is 203 Å². The van der Waals surface area contributed by atoms with Crippen molar-refractivity contribution in [3.05, 3.63) is 90.0 Å². The lowest BCUT2D eigenvalue weighted by Gasteiger charge is -2.26. The highest BCUT2D eigenvalue weighted by molar-refractivity contribution is 6.31. The van der Waals surface area contributed by atoms with Gasteiger partial charge in [0.05, 0.1) is 22.3 Å². The van der Waals surface area contributed by atoms with Crippen LogP contribution < -0.4 is 10.1 Å². The van der Waals surface area contributed by atoms with E-state index < -0.39 is 22.3 Å². The summed E-state index contributed by atoms with van der Waals surface area (Å²) in [5, 5.41) is 7.03. The minimum Gasteiger partial charge on any atom is -0.479 e. The van der Waals surface area contributed by atoms with Gasteiger partial charge in [-0.2, -0.15) is 5.10 Å². The Morgan fingerprint density at radius 3 is 2.54 bits per heavy atom. The zero-order valence-electron chi connectivity index (χ0n) is 18.6. The van der Waals surface area contributed by atoms with Crippen LogP contribution in [0.2, 0.25) is 5.02 Å². The molecule has 0 saturated heterocycles. The van der Waals surface area contributed by atoms with Crippen LogP contribution in [0, 0.1) is 11.6 Å². The van der Waals surface area contributed by atoms with Gasteiger partial charge < -0.3 is 10.1 Å². The number of ether oxygens (including phenoxy) is 1. The fraction of sp³-hybridized carbons (Fsp3) is 0.125. The van der Waals surface area contributed by atoms with Crippen LogP contribution in [0.4, 0.5) is 20.3 Å². The maximum Gasteiger partial charge on any atom is 0.171 e. The zero-order chi connectivity index (χ0) is 24.6. The van der Waals surface area contributed by atoms with E-state index >= 15 is 0 Å². The first-order chi connectivity index (χ1) is 16.8. The predicted molar refractivity (Wildman–Crippen MR) is 127 cm³/mol. The minimum absolute atomic E-state index is 0.0517. The number of hydrogen-bond donors (Lipinski definition) is 1. The Kier molecular flexibility index (Phi) is 5.73. The number of nitrogens with one attached hydrogen (secondary N) is 1. The van der Waals surface area contributed by atoms with Gasteiger partial charge in [-0.15, -0.1) is 0 Å². The maximum absolute atomic E-state index is 14.7. The minimum atomic E-state index is -0.950. The molecule has 35 heavy (non-hydrogen) atoms. The van der Waals surface area contributed by atoms with E-state index in [1.165, 1.54) is 12.4 Å². The smallest absolute Gasteiger partial charge is 0.171 e. The second-order valence-electron chi connectivity index (χ2n) is 8.04. The van der Waals surface area contributed by atoms with Crippen molar-refractivity contribution >= 4 is 34.0 Å². The van der Waals surface area contributed by atoms with Gasteiger partial charge in [-0.3, -0.25) is 0 Å². The van der Waals surface area contributed by atoms with Crippen LogP contribution in [0.15, 0.2) is 67.5 Å². The predicted octanol–water partition coefficient (Wildman–Crippen LogP) is 5.59. The molecule has 1 N–H and O–H groups in total. The van der Waals surface area contributed by atoms with Gasteiger partial charge in [-0.1, -0.05) is 11.6 Å². The van der Waals surface area contributed by atoms with E-state index in [9.17, 15) is 8.78 Å². The molecule has 0 radical (unpaired) electrons. The van der Waals surface area contributed by atoms with E-state index in [-0.39, 0.29) is 11.5 Å².